The van der Waals surface area contributed by atoms with Gasteiger partial charge in [-0.25, -0.2) is 4.68 Å². The van der Waals surface area contributed by atoms with Gasteiger partial charge in [-0.15, -0.1) is 5.10 Å². The summed E-state index contributed by atoms with van der Waals surface area (Å²) in [7, 11) is 0. The lowest BCUT2D eigenvalue weighted by Gasteiger charge is -2.09. The summed E-state index contributed by atoms with van der Waals surface area (Å²) in [5.74, 6) is -2.09. The van der Waals surface area contributed by atoms with Crippen molar-refractivity contribution in [1.29, 1.82) is 0 Å². The standard InChI is InChI=1S/C17H17BrN6O3/c18-10-3-7-12(8-4-10)24-14(9-1-2-9)13(20-23-24)15(25)21-22-17(27)16(26)19-11-5-6-11/h3-4,7-9,11H,1-2,5-6H2,(H,19,26)(H,21,25)(H,22,27). The second-order valence-electron chi connectivity index (χ2n) is 6.64. The van der Waals surface area contributed by atoms with Crippen LogP contribution < -0.4 is 16.2 Å². The molecule has 2 aliphatic carbocycles. The van der Waals surface area contributed by atoms with Crippen LogP contribution in [0.4, 0.5) is 0 Å². The normalized spacial score (nSPS) is 15.9. The summed E-state index contributed by atoms with van der Waals surface area (Å²) >= 11 is 3.39. The number of hydrogen-bond acceptors (Lipinski definition) is 5. The monoisotopic (exact) mass is 432 g/mol. The highest BCUT2D eigenvalue weighted by Crippen LogP contribution is 2.42. The maximum absolute atomic E-state index is 12.5. The van der Waals surface area contributed by atoms with E-state index in [1.165, 1.54) is 0 Å². The summed E-state index contributed by atoms with van der Waals surface area (Å²) in [6.07, 6.45) is 3.63. The molecule has 0 bridgehead atoms. The SMILES string of the molecule is O=C(NNC(=O)c1nnn(-c2ccc(Br)cc2)c1C1CC1)C(=O)NC1CC1. The van der Waals surface area contributed by atoms with E-state index < -0.39 is 17.7 Å². The first-order valence-corrected chi connectivity index (χ1v) is 9.45. The highest BCUT2D eigenvalue weighted by Gasteiger charge is 2.34. The molecular formula is C17H17BrN6O3. The van der Waals surface area contributed by atoms with Gasteiger partial charge in [0.05, 0.1) is 11.4 Å². The number of nitrogens with zero attached hydrogens (tertiary/aromatic N) is 3. The number of carbonyl (C=O) groups is 3. The van der Waals surface area contributed by atoms with E-state index in [0.717, 1.165) is 35.8 Å². The number of amides is 3. The van der Waals surface area contributed by atoms with Crippen LogP contribution in [0.3, 0.4) is 0 Å². The average molecular weight is 433 g/mol. The molecule has 2 aliphatic rings. The second kappa shape index (κ2) is 7.10. The third kappa shape index (κ3) is 4.00. The lowest BCUT2D eigenvalue weighted by Crippen LogP contribution is -2.49. The zero-order valence-corrected chi connectivity index (χ0v) is 15.8. The summed E-state index contributed by atoms with van der Waals surface area (Å²) in [5.41, 5.74) is 6.00. The molecule has 2 fully saturated rings. The van der Waals surface area contributed by atoms with E-state index in [9.17, 15) is 14.4 Å². The number of benzene rings is 1. The van der Waals surface area contributed by atoms with Crippen LogP contribution in [-0.4, -0.2) is 38.8 Å². The molecular weight excluding hydrogens is 416 g/mol. The Morgan fingerprint density at radius 2 is 1.70 bits per heavy atom. The van der Waals surface area contributed by atoms with Crippen LogP contribution in [0.5, 0.6) is 0 Å². The van der Waals surface area contributed by atoms with Crippen LogP contribution in [0.1, 0.15) is 47.8 Å². The fraction of sp³-hybridized carbons (Fsp3) is 0.353. The molecule has 3 amide bonds. The van der Waals surface area contributed by atoms with E-state index in [1.807, 2.05) is 24.3 Å². The number of nitrogens with one attached hydrogen (secondary N) is 3. The van der Waals surface area contributed by atoms with Crippen molar-refractivity contribution in [3.63, 3.8) is 0 Å². The van der Waals surface area contributed by atoms with Gasteiger partial charge < -0.3 is 5.32 Å². The molecule has 2 aromatic rings. The third-order valence-corrected chi connectivity index (χ3v) is 4.89. The Balaban J connectivity index is 1.48. The highest BCUT2D eigenvalue weighted by molar-refractivity contribution is 9.10. The summed E-state index contributed by atoms with van der Waals surface area (Å²) in [6, 6.07) is 7.57. The molecule has 10 heteroatoms. The van der Waals surface area contributed by atoms with Gasteiger partial charge in [-0.05, 0) is 49.9 Å². The minimum absolute atomic E-state index is 0.0613. The Bertz CT molecular complexity index is 902. The lowest BCUT2D eigenvalue weighted by atomic mass is 10.2. The lowest BCUT2D eigenvalue weighted by molar-refractivity contribution is -0.139. The molecule has 0 atom stereocenters. The van der Waals surface area contributed by atoms with Crippen LogP contribution >= 0.6 is 15.9 Å². The van der Waals surface area contributed by atoms with Gasteiger partial charge in [-0.1, -0.05) is 21.1 Å². The molecule has 2 saturated carbocycles. The zero-order chi connectivity index (χ0) is 19.0. The summed E-state index contributed by atoms with van der Waals surface area (Å²) in [5, 5.41) is 10.7. The predicted molar refractivity (Wildman–Crippen MR) is 97.8 cm³/mol. The fourth-order valence-electron chi connectivity index (χ4n) is 2.66. The maximum Gasteiger partial charge on any atom is 0.327 e. The van der Waals surface area contributed by atoms with E-state index in [0.29, 0.717) is 5.69 Å². The fourth-order valence-corrected chi connectivity index (χ4v) is 2.92. The quantitative estimate of drug-likeness (QED) is 0.490. The molecule has 9 nitrogen and oxygen atoms in total. The Labute approximate surface area is 163 Å². The van der Waals surface area contributed by atoms with Gasteiger partial charge in [0, 0.05) is 16.4 Å². The molecule has 0 spiro atoms. The Morgan fingerprint density at radius 1 is 1.00 bits per heavy atom. The van der Waals surface area contributed by atoms with Crippen molar-refractivity contribution in [2.45, 2.75) is 37.6 Å². The van der Waals surface area contributed by atoms with Crippen molar-refractivity contribution in [3.05, 3.63) is 40.1 Å². The Hall–Kier alpha value is -2.75. The van der Waals surface area contributed by atoms with Gasteiger partial charge >= 0.3 is 11.8 Å². The number of halogens is 1. The predicted octanol–water partition coefficient (Wildman–Crippen LogP) is 0.947. The molecule has 140 valence electrons. The molecule has 0 aliphatic heterocycles. The molecule has 1 heterocycles. The molecule has 4 rings (SSSR count). The van der Waals surface area contributed by atoms with Crippen molar-refractivity contribution in [1.82, 2.24) is 31.2 Å². The number of hydrazine groups is 1. The topological polar surface area (TPSA) is 118 Å². The molecule has 0 unspecified atom stereocenters. The van der Waals surface area contributed by atoms with E-state index in [4.69, 9.17) is 0 Å². The smallest absolute Gasteiger partial charge is 0.327 e. The van der Waals surface area contributed by atoms with Crippen molar-refractivity contribution in [2.75, 3.05) is 0 Å². The first-order chi connectivity index (χ1) is 13.0. The van der Waals surface area contributed by atoms with Crippen molar-refractivity contribution in [2.24, 2.45) is 0 Å². The average Bonchev–Trinajstić information content (AvgIpc) is 3.59. The van der Waals surface area contributed by atoms with Crippen LogP contribution in [0.2, 0.25) is 0 Å². The van der Waals surface area contributed by atoms with E-state index in [1.54, 1.807) is 4.68 Å². The van der Waals surface area contributed by atoms with Gasteiger partial charge in [0.2, 0.25) is 0 Å². The number of hydrogen-bond donors (Lipinski definition) is 3. The maximum atomic E-state index is 12.5. The first kappa shape index (κ1) is 17.7. The Morgan fingerprint density at radius 3 is 2.33 bits per heavy atom. The van der Waals surface area contributed by atoms with Crippen LogP contribution in [0, 0.1) is 0 Å². The highest BCUT2D eigenvalue weighted by atomic mass is 79.9. The zero-order valence-electron chi connectivity index (χ0n) is 14.2. The van der Waals surface area contributed by atoms with Crippen molar-refractivity contribution in [3.8, 4) is 5.69 Å². The largest absolute Gasteiger partial charge is 0.345 e. The van der Waals surface area contributed by atoms with E-state index in [-0.39, 0.29) is 17.7 Å². The van der Waals surface area contributed by atoms with Gasteiger partial charge in [0.1, 0.15) is 0 Å². The van der Waals surface area contributed by atoms with E-state index in [2.05, 4.69) is 42.4 Å². The van der Waals surface area contributed by atoms with Gasteiger partial charge in [0.15, 0.2) is 5.69 Å². The van der Waals surface area contributed by atoms with Crippen molar-refractivity contribution < 1.29 is 14.4 Å². The number of rotatable bonds is 4. The second-order valence-corrected chi connectivity index (χ2v) is 7.56. The van der Waals surface area contributed by atoms with E-state index >= 15 is 0 Å². The first-order valence-electron chi connectivity index (χ1n) is 8.65. The molecule has 1 aromatic heterocycles. The van der Waals surface area contributed by atoms with Crippen LogP contribution in [-0.2, 0) is 9.59 Å². The van der Waals surface area contributed by atoms with Gasteiger partial charge in [-0.2, -0.15) is 0 Å². The molecule has 0 radical (unpaired) electrons. The number of aromatic nitrogens is 3. The minimum atomic E-state index is -0.913. The molecule has 1 aromatic carbocycles. The van der Waals surface area contributed by atoms with Gasteiger partial charge in [-0.3, -0.25) is 25.2 Å². The number of carbonyl (C=O) groups excluding carboxylic acids is 3. The summed E-state index contributed by atoms with van der Waals surface area (Å²) in [4.78, 5) is 35.9. The molecule has 3 N–H and O–H groups in total. The van der Waals surface area contributed by atoms with Gasteiger partial charge in [0.25, 0.3) is 5.91 Å². The van der Waals surface area contributed by atoms with Crippen LogP contribution in [0.25, 0.3) is 5.69 Å². The summed E-state index contributed by atoms with van der Waals surface area (Å²) < 4.78 is 2.57. The van der Waals surface area contributed by atoms with Crippen LogP contribution in [0.15, 0.2) is 28.7 Å². The molecule has 0 saturated heterocycles. The summed E-state index contributed by atoms with van der Waals surface area (Å²) in [6.45, 7) is 0. The Kier molecular flexibility index (Phi) is 4.65. The molecule has 27 heavy (non-hydrogen) atoms. The van der Waals surface area contributed by atoms with Crippen molar-refractivity contribution >= 4 is 33.7 Å². The minimum Gasteiger partial charge on any atom is -0.345 e. The third-order valence-electron chi connectivity index (χ3n) is 4.36.